The predicted octanol–water partition coefficient (Wildman–Crippen LogP) is 7.64. The first-order valence-corrected chi connectivity index (χ1v) is 17.3. The van der Waals surface area contributed by atoms with E-state index in [1.807, 2.05) is 30.3 Å². The van der Waals surface area contributed by atoms with Gasteiger partial charge in [-0.3, -0.25) is 18.9 Å². The number of carbonyl (C=O) groups is 2. The molecule has 10 nitrogen and oxygen atoms in total. The molecule has 242 valence electrons. The highest BCUT2D eigenvalue weighted by Crippen LogP contribution is 2.46. The minimum absolute atomic E-state index is 0.0945. The number of anilines is 1. The maximum Gasteiger partial charge on any atom is 0.301 e. The molecule has 6 rings (SSSR count). The summed E-state index contributed by atoms with van der Waals surface area (Å²) in [5.74, 6) is -0.512. The van der Waals surface area contributed by atoms with E-state index in [0.29, 0.717) is 55.8 Å². The number of ketones is 1. The van der Waals surface area contributed by atoms with Crippen molar-refractivity contribution in [2.24, 2.45) is 0 Å². The Kier molecular flexibility index (Phi) is 9.81. The van der Waals surface area contributed by atoms with E-state index in [2.05, 4.69) is 22.1 Å². The fraction of sp³-hybridized carbons (Fsp3) is 0.265. The number of unbranched alkanes of at least 4 members (excludes halogenated alkanes) is 2. The number of aromatic nitrogens is 4. The SMILES string of the molecule is CCCCCOc1ccc(C2C(=C(O)c3c(C)nc4ccccn34)C(=O)C(=O)N2c2nnc(SCc3ccccc3Cl)s2)cc1OC. The van der Waals surface area contributed by atoms with Crippen LogP contribution in [0.25, 0.3) is 11.4 Å². The van der Waals surface area contributed by atoms with Crippen molar-refractivity contribution in [3.63, 3.8) is 0 Å². The monoisotopic (exact) mass is 689 g/mol. The molecule has 0 saturated carbocycles. The normalized spacial score (nSPS) is 15.9. The van der Waals surface area contributed by atoms with Crippen LogP contribution in [0, 0.1) is 6.92 Å². The molecule has 1 aliphatic rings. The Morgan fingerprint density at radius 2 is 1.87 bits per heavy atom. The van der Waals surface area contributed by atoms with E-state index in [-0.39, 0.29) is 16.5 Å². The number of Topliss-reactive ketones (excluding diaryl/α,β-unsaturated/α-hetero) is 1. The molecule has 4 heterocycles. The summed E-state index contributed by atoms with van der Waals surface area (Å²) >= 11 is 8.94. The van der Waals surface area contributed by atoms with Crippen LogP contribution >= 0.6 is 34.7 Å². The van der Waals surface area contributed by atoms with E-state index in [9.17, 15) is 14.7 Å². The number of aliphatic hydroxyl groups excluding tert-OH is 1. The number of hydrogen-bond donors (Lipinski definition) is 1. The van der Waals surface area contributed by atoms with E-state index in [1.165, 1.54) is 35.1 Å². The van der Waals surface area contributed by atoms with Gasteiger partial charge in [0.15, 0.2) is 21.6 Å². The summed E-state index contributed by atoms with van der Waals surface area (Å²) < 4.78 is 14.0. The van der Waals surface area contributed by atoms with Crippen molar-refractivity contribution in [1.29, 1.82) is 0 Å². The molecule has 1 fully saturated rings. The molecule has 47 heavy (non-hydrogen) atoms. The molecular weight excluding hydrogens is 658 g/mol. The second-order valence-electron chi connectivity index (χ2n) is 10.8. The third-order valence-electron chi connectivity index (χ3n) is 7.79. The molecular formula is C34H32ClN5O5S2. The zero-order chi connectivity index (χ0) is 33.1. The quantitative estimate of drug-likeness (QED) is 0.0352. The van der Waals surface area contributed by atoms with Crippen LogP contribution in [0.5, 0.6) is 11.5 Å². The molecule has 1 saturated heterocycles. The van der Waals surface area contributed by atoms with Crippen LogP contribution in [-0.2, 0) is 15.3 Å². The predicted molar refractivity (Wildman–Crippen MR) is 184 cm³/mol. The lowest BCUT2D eigenvalue weighted by Gasteiger charge is -2.23. The van der Waals surface area contributed by atoms with Crippen LogP contribution in [0.1, 0.15) is 54.7 Å². The fourth-order valence-corrected chi connectivity index (χ4v) is 7.65. The summed E-state index contributed by atoms with van der Waals surface area (Å²) in [6.45, 7) is 4.39. The molecule has 2 aromatic carbocycles. The van der Waals surface area contributed by atoms with Crippen molar-refractivity contribution in [3.05, 3.63) is 100.0 Å². The zero-order valence-electron chi connectivity index (χ0n) is 26.0. The van der Waals surface area contributed by atoms with E-state index in [1.54, 1.807) is 47.9 Å². The Morgan fingerprint density at radius 1 is 1.06 bits per heavy atom. The molecule has 0 aliphatic carbocycles. The van der Waals surface area contributed by atoms with Crippen LogP contribution in [0.3, 0.4) is 0 Å². The number of aliphatic hydroxyl groups is 1. The number of pyridine rings is 1. The Hall–Kier alpha value is -4.39. The first-order chi connectivity index (χ1) is 22.8. The molecule has 13 heteroatoms. The minimum Gasteiger partial charge on any atom is -0.505 e. The van der Waals surface area contributed by atoms with Gasteiger partial charge in [0.25, 0.3) is 5.78 Å². The topological polar surface area (TPSA) is 119 Å². The first kappa shape index (κ1) is 32.5. The van der Waals surface area contributed by atoms with Crippen molar-refractivity contribution in [2.75, 3.05) is 18.6 Å². The number of rotatable bonds is 12. The van der Waals surface area contributed by atoms with Gasteiger partial charge in [-0.25, -0.2) is 4.98 Å². The van der Waals surface area contributed by atoms with E-state index < -0.39 is 17.7 Å². The van der Waals surface area contributed by atoms with Crippen LogP contribution < -0.4 is 14.4 Å². The summed E-state index contributed by atoms with van der Waals surface area (Å²) in [7, 11) is 1.53. The summed E-state index contributed by atoms with van der Waals surface area (Å²) in [4.78, 5) is 33.6. The molecule has 1 atom stereocenters. The summed E-state index contributed by atoms with van der Waals surface area (Å²) in [6.07, 6.45) is 4.75. The number of nitrogens with zero attached hydrogens (tertiary/aromatic N) is 5. The lowest BCUT2D eigenvalue weighted by atomic mass is 9.96. The van der Waals surface area contributed by atoms with E-state index in [4.69, 9.17) is 21.1 Å². The Bertz CT molecular complexity index is 1990. The van der Waals surface area contributed by atoms with Gasteiger partial charge in [-0.05, 0) is 54.8 Å². The first-order valence-electron chi connectivity index (χ1n) is 15.1. The molecule has 1 aliphatic heterocycles. The van der Waals surface area contributed by atoms with Crippen molar-refractivity contribution in [2.45, 2.75) is 49.2 Å². The number of ether oxygens (including phenoxy) is 2. The van der Waals surface area contributed by atoms with Crippen molar-refractivity contribution >= 4 is 62.9 Å². The number of benzene rings is 2. The number of halogens is 1. The molecule has 1 unspecified atom stereocenters. The maximum atomic E-state index is 13.9. The lowest BCUT2D eigenvalue weighted by molar-refractivity contribution is -0.132. The van der Waals surface area contributed by atoms with Crippen molar-refractivity contribution < 1.29 is 24.2 Å². The second kappa shape index (κ2) is 14.2. The van der Waals surface area contributed by atoms with Crippen molar-refractivity contribution in [3.8, 4) is 11.5 Å². The molecule has 0 spiro atoms. The summed E-state index contributed by atoms with van der Waals surface area (Å²) in [5.41, 5.74) is 2.77. The van der Waals surface area contributed by atoms with E-state index in [0.717, 1.165) is 24.8 Å². The molecule has 0 bridgehead atoms. The standard InChI is InChI=1S/C34H32ClN5O5S2/c1-4-5-10-17-45-24-15-14-21(18-25(24)44-3)29-27(30(41)28-20(2)36-26-13-8-9-16-39(26)28)31(42)32(43)40(29)33-37-38-34(47-33)46-19-22-11-6-7-12-23(22)35/h6-9,11-16,18,29,41H,4-5,10,17,19H2,1-3H3. The molecule has 5 aromatic rings. The van der Waals surface area contributed by atoms with Crippen LogP contribution in [0.15, 0.2) is 76.8 Å². The second-order valence-corrected chi connectivity index (χ2v) is 13.4. The molecule has 1 N–H and O–H groups in total. The van der Waals surface area contributed by atoms with Crippen molar-refractivity contribution in [1.82, 2.24) is 19.6 Å². The fourth-order valence-electron chi connectivity index (χ4n) is 5.49. The van der Waals surface area contributed by atoms with Crippen LogP contribution in [-0.4, -0.2) is 50.1 Å². The molecule has 1 amide bonds. The van der Waals surface area contributed by atoms with Gasteiger partial charge < -0.3 is 14.6 Å². The highest BCUT2D eigenvalue weighted by Gasteiger charge is 2.49. The third kappa shape index (κ3) is 6.45. The van der Waals surface area contributed by atoms with Gasteiger partial charge >= 0.3 is 5.91 Å². The average molecular weight is 690 g/mol. The Balaban J connectivity index is 1.43. The number of imidazole rings is 1. The number of aryl methyl sites for hydroxylation is 1. The smallest absolute Gasteiger partial charge is 0.301 e. The van der Waals surface area contributed by atoms with Crippen LogP contribution in [0.4, 0.5) is 5.13 Å². The summed E-state index contributed by atoms with van der Waals surface area (Å²) in [6, 6.07) is 17.2. The zero-order valence-corrected chi connectivity index (χ0v) is 28.4. The largest absolute Gasteiger partial charge is 0.505 e. The maximum absolute atomic E-state index is 13.9. The number of thioether (sulfide) groups is 1. The Labute approximate surface area is 285 Å². The number of amides is 1. The van der Waals surface area contributed by atoms with Gasteiger partial charge in [0.2, 0.25) is 5.13 Å². The van der Waals surface area contributed by atoms with Gasteiger partial charge in [-0.15, -0.1) is 10.2 Å². The van der Waals surface area contributed by atoms with E-state index >= 15 is 0 Å². The van der Waals surface area contributed by atoms with Gasteiger partial charge in [-0.1, -0.05) is 84.8 Å². The number of methoxy groups -OCH3 is 1. The average Bonchev–Trinajstić information content (AvgIpc) is 3.75. The minimum atomic E-state index is -1.04. The lowest BCUT2D eigenvalue weighted by Crippen LogP contribution is -2.29. The summed E-state index contributed by atoms with van der Waals surface area (Å²) in [5, 5.41) is 21.4. The molecule has 0 radical (unpaired) electrons. The van der Waals surface area contributed by atoms with Crippen LogP contribution in [0.2, 0.25) is 5.02 Å². The van der Waals surface area contributed by atoms with Gasteiger partial charge in [0.1, 0.15) is 11.3 Å². The number of carbonyl (C=O) groups excluding carboxylic acids is 2. The van der Waals surface area contributed by atoms with Gasteiger partial charge in [-0.2, -0.15) is 0 Å². The third-order valence-corrected chi connectivity index (χ3v) is 10.3. The number of fused-ring (bicyclic) bond motifs is 1. The van der Waals surface area contributed by atoms with Gasteiger partial charge in [0.05, 0.1) is 31.0 Å². The molecule has 3 aromatic heterocycles. The highest BCUT2D eigenvalue weighted by atomic mass is 35.5. The Morgan fingerprint density at radius 3 is 2.66 bits per heavy atom. The highest BCUT2D eigenvalue weighted by molar-refractivity contribution is 8.00. The van der Waals surface area contributed by atoms with Gasteiger partial charge in [0, 0.05) is 17.0 Å². The number of hydrogen-bond acceptors (Lipinski definition) is 10.